The van der Waals surface area contributed by atoms with Gasteiger partial charge in [-0.15, -0.1) is 0 Å². The number of hydrogen-bond acceptors (Lipinski definition) is 5. The second-order valence-corrected chi connectivity index (χ2v) is 15.1. The van der Waals surface area contributed by atoms with E-state index in [1.54, 1.807) is 0 Å². The predicted molar refractivity (Wildman–Crippen MR) is 119 cm³/mol. The number of nitrogens with one attached hydrogen (secondary N) is 1. The molecular formula is C22H32N2O5Si. The van der Waals surface area contributed by atoms with E-state index in [1.165, 1.54) is 10.9 Å². The van der Waals surface area contributed by atoms with Crippen molar-refractivity contribution in [3.05, 3.63) is 17.7 Å². The summed E-state index contributed by atoms with van der Waals surface area (Å²) in [6.45, 7) is 14.5. The molecule has 2 aromatic rings. The molecular weight excluding hydrogens is 400 g/mol. The van der Waals surface area contributed by atoms with E-state index in [0.29, 0.717) is 26.2 Å². The fourth-order valence-electron chi connectivity index (χ4n) is 4.11. The average molecular weight is 433 g/mol. The summed E-state index contributed by atoms with van der Waals surface area (Å²) >= 11 is 0. The zero-order valence-corrected chi connectivity index (χ0v) is 19.8. The first-order valence-corrected chi connectivity index (χ1v) is 14.0. The number of morpholine rings is 1. The van der Waals surface area contributed by atoms with Crippen LogP contribution in [0.15, 0.2) is 12.1 Å². The molecule has 1 atom stereocenters. The topological polar surface area (TPSA) is 73.0 Å². The molecule has 2 aliphatic rings. The number of hydrogen-bond donors (Lipinski definition) is 1. The lowest BCUT2D eigenvalue weighted by Crippen LogP contribution is -2.52. The van der Waals surface area contributed by atoms with Gasteiger partial charge >= 0.3 is 6.09 Å². The highest BCUT2D eigenvalue weighted by atomic mass is 28.3. The number of carbonyl (C=O) groups excluding carboxylic acids is 1. The van der Waals surface area contributed by atoms with E-state index in [-0.39, 0.29) is 18.9 Å². The Labute approximate surface area is 178 Å². The van der Waals surface area contributed by atoms with E-state index < -0.39 is 13.7 Å². The highest BCUT2D eigenvalue weighted by Gasteiger charge is 2.34. The fraction of sp³-hybridized carbons (Fsp3) is 0.591. The molecule has 0 saturated carbocycles. The SMILES string of the molecule is CC(C)(C)OC(=O)N1CCOC[C@@H]1Cc1c([Si](C)(C)C)[nH]c2cc3c(cc12)OCO3. The summed E-state index contributed by atoms with van der Waals surface area (Å²) in [6.07, 6.45) is 0.432. The molecule has 1 aromatic carbocycles. The van der Waals surface area contributed by atoms with E-state index in [1.807, 2.05) is 31.7 Å². The third kappa shape index (κ3) is 4.16. The number of amides is 1. The smallest absolute Gasteiger partial charge is 0.410 e. The summed E-state index contributed by atoms with van der Waals surface area (Å²) in [5.74, 6) is 1.54. The lowest BCUT2D eigenvalue weighted by Gasteiger charge is -2.37. The van der Waals surface area contributed by atoms with Crippen molar-refractivity contribution in [2.75, 3.05) is 26.6 Å². The molecule has 0 unspecified atom stereocenters. The zero-order valence-electron chi connectivity index (χ0n) is 18.8. The van der Waals surface area contributed by atoms with Crippen LogP contribution in [0.25, 0.3) is 10.9 Å². The normalized spacial score (nSPS) is 19.4. The van der Waals surface area contributed by atoms with E-state index in [0.717, 1.165) is 22.4 Å². The number of aromatic nitrogens is 1. The van der Waals surface area contributed by atoms with Gasteiger partial charge in [-0.05, 0) is 38.8 Å². The second kappa shape index (κ2) is 7.49. The van der Waals surface area contributed by atoms with Crippen molar-refractivity contribution in [1.82, 2.24) is 9.88 Å². The van der Waals surface area contributed by atoms with Crippen molar-refractivity contribution >= 4 is 30.4 Å². The number of nitrogens with zero attached hydrogens (tertiary/aromatic N) is 1. The summed E-state index contributed by atoms with van der Waals surface area (Å²) in [5.41, 5.74) is 1.76. The Morgan fingerprint density at radius 2 is 1.93 bits per heavy atom. The van der Waals surface area contributed by atoms with E-state index in [2.05, 4.69) is 30.7 Å². The van der Waals surface area contributed by atoms with Crippen LogP contribution in [0, 0.1) is 0 Å². The van der Waals surface area contributed by atoms with Gasteiger partial charge in [0.25, 0.3) is 0 Å². The number of carbonyl (C=O) groups is 1. The fourth-order valence-corrected chi connectivity index (χ4v) is 5.76. The number of fused-ring (bicyclic) bond motifs is 2. The molecule has 0 spiro atoms. The maximum Gasteiger partial charge on any atom is 0.410 e. The van der Waals surface area contributed by atoms with Crippen LogP contribution >= 0.6 is 0 Å². The van der Waals surface area contributed by atoms with Gasteiger partial charge in [0.1, 0.15) is 5.60 Å². The minimum Gasteiger partial charge on any atom is -0.454 e. The summed E-state index contributed by atoms with van der Waals surface area (Å²) in [6, 6.07) is 4.01. The number of H-pyrrole nitrogens is 1. The molecule has 1 saturated heterocycles. The Hall–Kier alpha value is -2.19. The van der Waals surface area contributed by atoms with E-state index in [9.17, 15) is 4.79 Å². The van der Waals surface area contributed by atoms with Crippen LogP contribution in [-0.4, -0.2) is 62.2 Å². The van der Waals surface area contributed by atoms with Crippen LogP contribution in [0.2, 0.25) is 19.6 Å². The van der Waals surface area contributed by atoms with Gasteiger partial charge in [0.05, 0.1) is 27.3 Å². The first-order valence-electron chi connectivity index (χ1n) is 10.5. The minimum atomic E-state index is -1.67. The molecule has 2 aliphatic heterocycles. The Morgan fingerprint density at radius 1 is 1.23 bits per heavy atom. The molecule has 4 rings (SSSR count). The third-order valence-corrected chi connectivity index (χ3v) is 7.37. The molecule has 1 fully saturated rings. The first-order chi connectivity index (χ1) is 14.0. The van der Waals surface area contributed by atoms with Crippen molar-refractivity contribution in [1.29, 1.82) is 0 Å². The van der Waals surface area contributed by atoms with Gasteiger partial charge in [0.2, 0.25) is 6.79 Å². The molecule has 1 N–H and O–H groups in total. The summed E-state index contributed by atoms with van der Waals surface area (Å²) < 4.78 is 22.6. The largest absolute Gasteiger partial charge is 0.454 e. The van der Waals surface area contributed by atoms with Crippen LogP contribution in [0.5, 0.6) is 11.5 Å². The summed E-state index contributed by atoms with van der Waals surface area (Å²) in [4.78, 5) is 18.3. The standard InChI is InChI=1S/C22H32N2O5Si/c1-22(2,3)29-21(25)24-7-8-26-12-14(24)9-16-15-10-18-19(28-13-27-18)11-17(15)23-20(16)30(4,5)6/h10-11,14,23H,7-9,12-13H2,1-6H3/t14-/m0/s1. The van der Waals surface area contributed by atoms with Gasteiger partial charge in [-0.25, -0.2) is 4.79 Å². The number of aromatic amines is 1. The van der Waals surface area contributed by atoms with Crippen molar-refractivity contribution in [2.24, 2.45) is 0 Å². The Bertz CT molecular complexity index is 957. The van der Waals surface area contributed by atoms with Crippen molar-refractivity contribution in [3.63, 3.8) is 0 Å². The predicted octanol–water partition coefficient (Wildman–Crippen LogP) is 3.62. The molecule has 1 aromatic heterocycles. The van der Waals surface area contributed by atoms with Gasteiger partial charge < -0.3 is 28.8 Å². The van der Waals surface area contributed by atoms with Gasteiger partial charge in [-0.1, -0.05) is 19.6 Å². The highest BCUT2D eigenvalue weighted by Crippen LogP contribution is 2.37. The van der Waals surface area contributed by atoms with E-state index >= 15 is 0 Å². The van der Waals surface area contributed by atoms with Crippen LogP contribution in [0.3, 0.4) is 0 Å². The van der Waals surface area contributed by atoms with E-state index in [4.69, 9.17) is 18.9 Å². The maximum absolute atomic E-state index is 12.9. The molecule has 30 heavy (non-hydrogen) atoms. The quantitative estimate of drug-likeness (QED) is 0.750. The van der Waals surface area contributed by atoms with Gasteiger partial charge in [0.15, 0.2) is 11.5 Å². The monoisotopic (exact) mass is 432 g/mol. The lowest BCUT2D eigenvalue weighted by atomic mass is 10.0. The Balaban J connectivity index is 1.71. The number of benzene rings is 1. The van der Waals surface area contributed by atoms with Crippen molar-refractivity contribution in [3.8, 4) is 11.5 Å². The van der Waals surface area contributed by atoms with Crippen LogP contribution in [0.1, 0.15) is 26.3 Å². The van der Waals surface area contributed by atoms with Crippen molar-refractivity contribution in [2.45, 2.75) is 58.5 Å². The number of rotatable bonds is 3. The molecule has 0 bridgehead atoms. The molecule has 7 nitrogen and oxygen atoms in total. The lowest BCUT2D eigenvalue weighted by molar-refractivity contribution is -0.0318. The minimum absolute atomic E-state index is 0.0758. The zero-order chi connectivity index (χ0) is 21.7. The summed E-state index contributed by atoms with van der Waals surface area (Å²) in [5, 5.41) is 2.42. The third-order valence-electron chi connectivity index (χ3n) is 5.44. The molecule has 0 radical (unpaired) electrons. The number of ether oxygens (including phenoxy) is 4. The molecule has 0 aliphatic carbocycles. The Kier molecular flexibility index (Phi) is 5.26. The first kappa shape index (κ1) is 21.1. The van der Waals surface area contributed by atoms with Crippen LogP contribution < -0.4 is 14.8 Å². The highest BCUT2D eigenvalue weighted by molar-refractivity contribution is 6.88. The van der Waals surface area contributed by atoms with Crippen LogP contribution in [-0.2, 0) is 15.9 Å². The molecule has 3 heterocycles. The van der Waals surface area contributed by atoms with Gasteiger partial charge in [-0.2, -0.15) is 0 Å². The second-order valence-electron chi connectivity index (χ2n) is 10.1. The molecule has 8 heteroatoms. The van der Waals surface area contributed by atoms with Gasteiger partial charge in [-0.3, -0.25) is 0 Å². The molecule has 1 amide bonds. The molecule has 164 valence electrons. The Morgan fingerprint density at radius 3 is 2.60 bits per heavy atom. The van der Waals surface area contributed by atoms with Gasteiger partial charge in [0, 0.05) is 28.8 Å². The maximum atomic E-state index is 12.9. The summed E-state index contributed by atoms with van der Waals surface area (Å²) in [7, 11) is -1.67. The van der Waals surface area contributed by atoms with Crippen molar-refractivity contribution < 1.29 is 23.7 Å². The van der Waals surface area contributed by atoms with Crippen LogP contribution in [0.4, 0.5) is 4.79 Å². The average Bonchev–Trinajstić information content (AvgIpc) is 3.23.